The largest absolute Gasteiger partial charge is 0.481 e. The lowest BCUT2D eigenvalue weighted by Gasteiger charge is -1.99. The van der Waals surface area contributed by atoms with Gasteiger partial charge in [0, 0.05) is 18.8 Å². The molecule has 0 saturated carbocycles. The van der Waals surface area contributed by atoms with E-state index < -0.39 is 11.9 Å². The van der Waals surface area contributed by atoms with E-state index in [0.29, 0.717) is 0 Å². The summed E-state index contributed by atoms with van der Waals surface area (Å²) in [5, 5.41) is 12.5. The number of carboxylic acid groups (broad SMARTS) is 1. The minimum Gasteiger partial charge on any atom is -0.481 e. The quantitative estimate of drug-likeness (QED) is 0.679. The van der Waals surface area contributed by atoms with Gasteiger partial charge in [-0.1, -0.05) is 0 Å². The SMILES string of the molecule is C[C@@H](C(=O)O)c1cnn(C)c1. The van der Waals surface area contributed by atoms with Gasteiger partial charge in [0.25, 0.3) is 0 Å². The molecule has 0 aliphatic heterocycles. The van der Waals surface area contributed by atoms with E-state index in [0.717, 1.165) is 5.56 Å². The van der Waals surface area contributed by atoms with Gasteiger partial charge in [-0.25, -0.2) is 0 Å². The molecule has 11 heavy (non-hydrogen) atoms. The third-order valence-corrected chi connectivity index (χ3v) is 1.60. The summed E-state index contributed by atoms with van der Waals surface area (Å²) in [6.45, 7) is 1.64. The van der Waals surface area contributed by atoms with Crippen LogP contribution in [0.2, 0.25) is 0 Å². The maximum Gasteiger partial charge on any atom is 0.310 e. The Balaban J connectivity index is 2.84. The average Bonchev–Trinajstić information content (AvgIpc) is 2.34. The van der Waals surface area contributed by atoms with Gasteiger partial charge in [0.15, 0.2) is 0 Å². The van der Waals surface area contributed by atoms with E-state index in [2.05, 4.69) is 5.10 Å². The lowest BCUT2D eigenvalue weighted by molar-refractivity contribution is -0.138. The number of aryl methyl sites for hydroxylation is 1. The predicted molar refractivity (Wildman–Crippen MR) is 39.3 cm³/mol. The van der Waals surface area contributed by atoms with Gasteiger partial charge in [-0.05, 0) is 6.92 Å². The van der Waals surface area contributed by atoms with E-state index in [-0.39, 0.29) is 0 Å². The van der Waals surface area contributed by atoms with Crippen molar-refractivity contribution in [1.82, 2.24) is 9.78 Å². The second-order valence-corrected chi connectivity index (χ2v) is 2.51. The number of aromatic nitrogens is 2. The highest BCUT2D eigenvalue weighted by molar-refractivity contribution is 5.75. The number of hydrogen-bond acceptors (Lipinski definition) is 2. The average molecular weight is 154 g/mol. The van der Waals surface area contributed by atoms with Crippen LogP contribution < -0.4 is 0 Å². The van der Waals surface area contributed by atoms with E-state index in [4.69, 9.17) is 5.11 Å². The molecule has 0 aromatic carbocycles. The first-order valence-corrected chi connectivity index (χ1v) is 3.32. The monoisotopic (exact) mass is 154 g/mol. The molecule has 1 aromatic rings. The minimum absolute atomic E-state index is 0.469. The molecule has 0 aliphatic rings. The van der Waals surface area contributed by atoms with Crippen LogP contribution in [0, 0.1) is 0 Å². The number of aliphatic carboxylic acids is 1. The Morgan fingerprint density at radius 2 is 2.45 bits per heavy atom. The number of hydrogen-bond donors (Lipinski definition) is 1. The molecule has 1 aromatic heterocycles. The van der Waals surface area contributed by atoms with Crippen LogP contribution in [0.1, 0.15) is 18.4 Å². The lowest BCUT2D eigenvalue weighted by Crippen LogP contribution is -2.06. The van der Waals surface area contributed by atoms with Gasteiger partial charge < -0.3 is 5.11 Å². The second kappa shape index (κ2) is 2.74. The van der Waals surface area contributed by atoms with E-state index in [1.54, 1.807) is 31.0 Å². The van der Waals surface area contributed by atoms with Crippen LogP contribution in [0.4, 0.5) is 0 Å². The van der Waals surface area contributed by atoms with Gasteiger partial charge in [-0.3, -0.25) is 9.48 Å². The topological polar surface area (TPSA) is 55.1 Å². The molecule has 0 spiro atoms. The molecule has 1 atom stereocenters. The van der Waals surface area contributed by atoms with Crippen molar-refractivity contribution in [2.75, 3.05) is 0 Å². The van der Waals surface area contributed by atoms with E-state index in [1.807, 2.05) is 0 Å². The first-order valence-electron chi connectivity index (χ1n) is 3.32. The third kappa shape index (κ3) is 1.58. The van der Waals surface area contributed by atoms with Crippen molar-refractivity contribution in [1.29, 1.82) is 0 Å². The molecule has 4 nitrogen and oxygen atoms in total. The first kappa shape index (κ1) is 7.78. The molecule has 0 radical (unpaired) electrons. The smallest absolute Gasteiger partial charge is 0.310 e. The van der Waals surface area contributed by atoms with Gasteiger partial charge in [-0.2, -0.15) is 5.10 Å². The summed E-state index contributed by atoms with van der Waals surface area (Å²) in [4.78, 5) is 10.5. The highest BCUT2D eigenvalue weighted by atomic mass is 16.4. The van der Waals surface area contributed by atoms with Crippen molar-refractivity contribution in [2.45, 2.75) is 12.8 Å². The Morgan fingerprint density at radius 1 is 1.82 bits per heavy atom. The molecule has 0 fully saturated rings. The van der Waals surface area contributed by atoms with Crippen molar-refractivity contribution in [3.05, 3.63) is 18.0 Å². The molecule has 0 amide bonds. The van der Waals surface area contributed by atoms with Crippen LogP contribution in [-0.2, 0) is 11.8 Å². The number of carboxylic acids is 1. The van der Waals surface area contributed by atoms with Crippen molar-refractivity contribution < 1.29 is 9.90 Å². The van der Waals surface area contributed by atoms with E-state index >= 15 is 0 Å². The molecule has 1 heterocycles. The van der Waals surface area contributed by atoms with Crippen LogP contribution in [0.25, 0.3) is 0 Å². The molecular formula is C7H10N2O2. The summed E-state index contributed by atoms with van der Waals surface area (Å²) in [6, 6.07) is 0. The van der Waals surface area contributed by atoms with E-state index in [9.17, 15) is 4.79 Å². The van der Waals surface area contributed by atoms with Gasteiger partial charge in [-0.15, -0.1) is 0 Å². The fraction of sp³-hybridized carbons (Fsp3) is 0.429. The Bertz CT molecular complexity index is 267. The van der Waals surface area contributed by atoms with Crippen molar-refractivity contribution in [3.8, 4) is 0 Å². The Labute approximate surface area is 64.5 Å². The fourth-order valence-electron chi connectivity index (χ4n) is 0.806. The summed E-state index contributed by atoms with van der Waals surface area (Å²) < 4.78 is 1.59. The van der Waals surface area contributed by atoms with Gasteiger partial charge in [0.2, 0.25) is 0 Å². The lowest BCUT2D eigenvalue weighted by atomic mass is 10.1. The molecule has 60 valence electrons. The molecule has 0 bridgehead atoms. The highest BCUT2D eigenvalue weighted by Gasteiger charge is 2.14. The van der Waals surface area contributed by atoms with Crippen molar-refractivity contribution >= 4 is 5.97 Å². The molecule has 4 heteroatoms. The molecular weight excluding hydrogens is 144 g/mol. The van der Waals surface area contributed by atoms with Gasteiger partial charge in [0.05, 0.1) is 12.1 Å². The van der Waals surface area contributed by atoms with Gasteiger partial charge in [0.1, 0.15) is 0 Å². The molecule has 1 rings (SSSR count). The number of nitrogens with zero attached hydrogens (tertiary/aromatic N) is 2. The zero-order chi connectivity index (χ0) is 8.43. The summed E-state index contributed by atoms with van der Waals surface area (Å²) in [5.41, 5.74) is 0.736. The minimum atomic E-state index is -0.821. The predicted octanol–water partition coefficient (Wildman–Crippen LogP) is 0.608. The molecule has 1 N–H and O–H groups in total. The van der Waals surface area contributed by atoms with Crippen LogP contribution >= 0.6 is 0 Å². The second-order valence-electron chi connectivity index (χ2n) is 2.51. The van der Waals surface area contributed by atoms with Crippen LogP contribution in [0.3, 0.4) is 0 Å². The van der Waals surface area contributed by atoms with Crippen LogP contribution in [0.15, 0.2) is 12.4 Å². The van der Waals surface area contributed by atoms with Gasteiger partial charge >= 0.3 is 5.97 Å². The number of rotatable bonds is 2. The van der Waals surface area contributed by atoms with Crippen LogP contribution in [0.5, 0.6) is 0 Å². The van der Waals surface area contributed by atoms with Crippen molar-refractivity contribution in [2.24, 2.45) is 7.05 Å². The maximum atomic E-state index is 10.5. The summed E-state index contributed by atoms with van der Waals surface area (Å²) in [7, 11) is 1.76. The maximum absolute atomic E-state index is 10.5. The summed E-state index contributed by atoms with van der Waals surface area (Å²) in [5.74, 6) is -1.29. The van der Waals surface area contributed by atoms with Crippen molar-refractivity contribution in [3.63, 3.8) is 0 Å². The summed E-state index contributed by atoms with van der Waals surface area (Å²) in [6.07, 6.45) is 3.28. The molecule has 0 unspecified atom stereocenters. The Morgan fingerprint density at radius 3 is 2.82 bits per heavy atom. The van der Waals surface area contributed by atoms with Crippen LogP contribution in [-0.4, -0.2) is 20.9 Å². The fourth-order valence-corrected chi connectivity index (χ4v) is 0.806. The zero-order valence-corrected chi connectivity index (χ0v) is 6.48. The highest BCUT2D eigenvalue weighted by Crippen LogP contribution is 2.12. The Kier molecular flexibility index (Phi) is 1.94. The normalized spacial score (nSPS) is 12.9. The summed E-state index contributed by atoms with van der Waals surface area (Å²) >= 11 is 0. The standard InChI is InChI=1S/C7H10N2O2/c1-5(7(10)11)6-3-8-9(2)4-6/h3-5H,1-2H3,(H,10,11)/t5-/m1/s1. The first-order chi connectivity index (χ1) is 5.11. The third-order valence-electron chi connectivity index (χ3n) is 1.60. The zero-order valence-electron chi connectivity index (χ0n) is 6.48. The molecule has 0 aliphatic carbocycles. The Hall–Kier alpha value is -1.32. The number of carbonyl (C=O) groups is 1. The van der Waals surface area contributed by atoms with E-state index in [1.165, 1.54) is 0 Å². The molecule has 0 saturated heterocycles.